The molecule has 0 heterocycles. The third-order valence-corrected chi connectivity index (χ3v) is 4.90. The van der Waals surface area contributed by atoms with Crippen LogP contribution < -0.4 is 16.9 Å². The van der Waals surface area contributed by atoms with Gasteiger partial charge in [0.05, 0.1) is 0 Å². The first-order valence-corrected chi connectivity index (χ1v) is 9.94. The Labute approximate surface area is 176 Å². The lowest BCUT2D eigenvalue weighted by molar-refractivity contribution is 0.371. The quantitative estimate of drug-likeness (QED) is 0.180. The first-order valence-electron chi connectivity index (χ1n) is 9.17. The van der Waals surface area contributed by atoms with Crippen LogP contribution in [0.25, 0.3) is 11.1 Å². The topological polar surface area (TPSA) is 82.9 Å². The molecule has 0 aliphatic heterocycles. The van der Waals surface area contributed by atoms with Crippen LogP contribution >= 0.6 is 11.9 Å². The molecule has 6 nitrogen and oxygen atoms in total. The lowest BCUT2D eigenvalue weighted by Crippen LogP contribution is -2.26. The van der Waals surface area contributed by atoms with E-state index in [4.69, 9.17) is 11.6 Å². The molecule has 0 fully saturated rings. The predicted octanol–water partition coefficient (Wildman–Crippen LogP) is 4.09. The highest BCUT2D eigenvalue weighted by Gasteiger charge is 2.11. The van der Waals surface area contributed by atoms with Crippen molar-refractivity contribution >= 4 is 29.2 Å². The van der Waals surface area contributed by atoms with Crippen LogP contribution in [0.4, 0.5) is 11.4 Å². The van der Waals surface area contributed by atoms with Gasteiger partial charge < -0.3 is 11.1 Å². The molecule has 0 atom stereocenters. The number of nitrogens with zero attached hydrogens (tertiary/aromatic N) is 3. The SMILES string of the molecule is CN(N)/N=C(\N)c1cc(SN(C)C)ccc1Nc1cccc(-c2ccccc2)c1. The summed E-state index contributed by atoms with van der Waals surface area (Å²) in [6.45, 7) is 0. The number of hydrogen-bond donors (Lipinski definition) is 3. The summed E-state index contributed by atoms with van der Waals surface area (Å²) in [5, 5.41) is 8.86. The van der Waals surface area contributed by atoms with E-state index in [-0.39, 0.29) is 0 Å². The third-order valence-electron chi connectivity index (χ3n) is 4.07. The second-order valence-corrected chi connectivity index (χ2v) is 8.13. The minimum atomic E-state index is 0.345. The maximum atomic E-state index is 6.24. The van der Waals surface area contributed by atoms with Crippen molar-refractivity contribution in [3.05, 3.63) is 78.4 Å². The molecule has 0 aromatic heterocycles. The number of anilines is 2. The summed E-state index contributed by atoms with van der Waals surface area (Å²) < 4.78 is 2.03. The van der Waals surface area contributed by atoms with Gasteiger partial charge >= 0.3 is 0 Å². The van der Waals surface area contributed by atoms with E-state index >= 15 is 0 Å². The molecule has 3 aromatic rings. The number of rotatable bonds is 7. The Balaban J connectivity index is 1.96. The molecule has 0 saturated heterocycles. The minimum Gasteiger partial charge on any atom is -0.382 e. The Bertz CT molecular complexity index is 986. The maximum absolute atomic E-state index is 6.24. The van der Waals surface area contributed by atoms with Gasteiger partial charge in [0.25, 0.3) is 0 Å². The van der Waals surface area contributed by atoms with Crippen LogP contribution in [-0.2, 0) is 0 Å². The molecular weight excluding hydrogens is 380 g/mol. The maximum Gasteiger partial charge on any atom is 0.154 e. The van der Waals surface area contributed by atoms with Crippen molar-refractivity contribution in [2.24, 2.45) is 16.7 Å². The third kappa shape index (κ3) is 5.74. The van der Waals surface area contributed by atoms with Crippen molar-refractivity contribution < 1.29 is 0 Å². The van der Waals surface area contributed by atoms with Crippen LogP contribution in [0.2, 0.25) is 0 Å². The number of hydrogen-bond acceptors (Lipinski definition) is 6. The van der Waals surface area contributed by atoms with E-state index < -0.39 is 0 Å². The second-order valence-electron chi connectivity index (χ2n) is 6.74. The van der Waals surface area contributed by atoms with E-state index in [0.717, 1.165) is 27.4 Å². The molecule has 0 bridgehead atoms. The van der Waals surface area contributed by atoms with Crippen molar-refractivity contribution in [3.8, 4) is 11.1 Å². The standard InChI is InChI=1S/C22H26N6S/c1-27(2)29-19-12-13-21(20(15-19)22(23)26-28(3)24)25-18-11-7-10-17(14-18)16-8-5-4-6-9-16/h4-15,25H,24H2,1-3H3,(H2,23,26). The molecule has 5 N–H and O–H groups in total. The largest absolute Gasteiger partial charge is 0.382 e. The van der Waals surface area contributed by atoms with Gasteiger partial charge in [-0.05, 0) is 67.5 Å². The number of nitrogens with two attached hydrogens (primary N) is 2. The summed E-state index contributed by atoms with van der Waals surface area (Å²) >= 11 is 1.61. The summed E-state index contributed by atoms with van der Waals surface area (Å²) in [7, 11) is 5.63. The molecule has 3 aromatic carbocycles. The van der Waals surface area contributed by atoms with E-state index in [0.29, 0.717) is 5.84 Å². The van der Waals surface area contributed by atoms with Gasteiger partial charge in [0, 0.05) is 28.9 Å². The molecule has 0 aliphatic carbocycles. The van der Waals surface area contributed by atoms with Crippen LogP contribution in [0.1, 0.15) is 5.56 Å². The zero-order valence-electron chi connectivity index (χ0n) is 16.8. The second kappa shape index (κ2) is 9.47. The summed E-state index contributed by atoms with van der Waals surface area (Å²) in [5.74, 6) is 6.01. The zero-order chi connectivity index (χ0) is 20.8. The monoisotopic (exact) mass is 406 g/mol. The smallest absolute Gasteiger partial charge is 0.154 e. The molecule has 150 valence electrons. The summed E-state index contributed by atoms with van der Waals surface area (Å²) in [4.78, 5) is 1.06. The van der Waals surface area contributed by atoms with Crippen LogP contribution in [0, 0.1) is 0 Å². The Hall–Kier alpha value is -3.00. The number of benzene rings is 3. The van der Waals surface area contributed by atoms with E-state index in [1.165, 1.54) is 10.7 Å². The van der Waals surface area contributed by atoms with Gasteiger partial charge in [0.15, 0.2) is 5.84 Å². The number of hydrazone groups is 1. The number of hydrazine groups is 1. The summed E-state index contributed by atoms with van der Waals surface area (Å²) in [5.41, 5.74) is 11.2. The van der Waals surface area contributed by atoms with Gasteiger partial charge in [-0.2, -0.15) is 0 Å². The molecule has 0 saturated carbocycles. The van der Waals surface area contributed by atoms with Crippen LogP contribution in [0.3, 0.4) is 0 Å². The van der Waals surface area contributed by atoms with Gasteiger partial charge in [-0.3, -0.25) is 4.31 Å². The van der Waals surface area contributed by atoms with Gasteiger partial charge in [-0.1, -0.05) is 42.5 Å². The van der Waals surface area contributed by atoms with E-state index in [1.807, 2.05) is 60.9 Å². The highest BCUT2D eigenvalue weighted by Crippen LogP contribution is 2.29. The number of nitrogens with one attached hydrogen (secondary N) is 1. The van der Waals surface area contributed by atoms with Crippen molar-refractivity contribution in [3.63, 3.8) is 0 Å². The Morgan fingerprint density at radius 1 is 0.897 bits per heavy atom. The average Bonchev–Trinajstić information content (AvgIpc) is 2.69. The Kier molecular flexibility index (Phi) is 6.77. The van der Waals surface area contributed by atoms with Gasteiger partial charge in [0.2, 0.25) is 0 Å². The summed E-state index contributed by atoms with van der Waals surface area (Å²) in [6, 6.07) is 24.6. The van der Waals surface area contributed by atoms with E-state index in [1.54, 1.807) is 19.0 Å². The minimum absolute atomic E-state index is 0.345. The fraction of sp³-hybridized carbons (Fsp3) is 0.136. The van der Waals surface area contributed by atoms with Crippen molar-refractivity contribution in [1.29, 1.82) is 0 Å². The first-order chi connectivity index (χ1) is 13.9. The first kappa shape index (κ1) is 20.7. The Morgan fingerprint density at radius 2 is 1.62 bits per heavy atom. The lowest BCUT2D eigenvalue weighted by Gasteiger charge is -2.16. The molecular formula is C22H26N6S. The normalized spacial score (nSPS) is 11.6. The van der Waals surface area contributed by atoms with Crippen molar-refractivity contribution in [2.75, 3.05) is 26.5 Å². The molecule has 0 amide bonds. The molecule has 3 rings (SSSR count). The lowest BCUT2D eigenvalue weighted by atomic mass is 10.0. The average molecular weight is 407 g/mol. The number of amidine groups is 1. The summed E-state index contributed by atoms with van der Waals surface area (Å²) in [6.07, 6.45) is 0. The van der Waals surface area contributed by atoms with Gasteiger partial charge in [-0.25, -0.2) is 11.0 Å². The fourth-order valence-electron chi connectivity index (χ4n) is 2.90. The zero-order valence-corrected chi connectivity index (χ0v) is 17.6. The van der Waals surface area contributed by atoms with Crippen LogP contribution in [0.5, 0.6) is 0 Å². The fourth-order valence-corrected chi connectivity index (χ4v) is 3.62. The van der Waals surface area contributed by atoms with Crippen molar-refractivity contribution in [2.45, 2.75) is 4.90 Å². The highest BCUT2D eigenvalue weighted by atomic mass is 32.2. The molecule has 0 spiro atoms. The van der Waals surface area contributed by atoms with Gasteiger partial charge in [0.1, 0.15) is 0 Å². The highest BCUT2D eigenvalue weighted by molar-refractivity contribution is 7.97. The van der Waals surface area contributed by atoms with E-state index in [2.05, 4.69) is 40.8 Å². The molecule has 0 radical (unpaired) electrons. The van der Waals surface area contributed by atoms with Crippen molar-refractivity contribution in [1.82, 2.24) is 9.42 Å². The molecule has 7 heteroatoms. The molecule has 0 aliphatic rings. The molecule has 0 unspecified atom stereocenters. The van der Waals surface area contributed by atoms with Crippen LogP contribution in [0.15, 0.2) is 82.8 Å². The van der Waals surface area contributed by atoms with E-state index in [9.17, 15) is 0 Å². The van der Waals surface area contributed by atoms with Gasteiger partial charge in [-0.15, -0.1) is 5.10 Å². The molecule has 29 heavy (non-hydrogen) atoms. The Morgan fingerprint density at radius 3 is 2.31 bits per heavy atom. The predicted molar refractivity (Wildman–Crippen MR) is 124 cm³/mol. The van der Waals surface area contributed by atoms with Crippen LogP contribution in [-0.4, -0.2) is 36.4 Å².